The smallest absolute Gasteiger partial charge is 0.120 e. The van der Waals surface area contributed by atoms with E-state index >= 15 is 0 Å². The van der Waals surface area contributed by atoms with Gasteiger partial charge in [0.1, 0.15) is 23.9 Å². The van der Waals surface area contributed by atoms with E-state index in [-0.39, 0.29) is 0 Å². The standard InChI is InChI=1S/C23H22N2O2S/c1-26-18-11-13-19(14-12-18)27-16-15-25-22-10-6-5-9-21(22)24-23(25)17-28-20-7-3-2-4-8-20/h2-14H,15-17H2,1H3. The zero-order valence-electron chi connectivity index (χ0n) is 15.7. The molecule has 0 aliphatic heterocycles. The zero-order chi connectivity index (χ0) is 19.2. The van der Waals surface area contributed by atoms with Gasteiger partial charge in [-0.15, -0.1) is 11.8 Å². The maximum absolute atomic E-state index is 5.93. The number of para-hydroxylation sites is 2. The third kappa shape index (κ3) is 4.31. The summed E-state index contributed by atoms with van der Waals surface area (Å²) in [5, 5.41) is 0. The number of methoxy groups -OCH3 is 1. The molecule has 0 spiro atoms. The van der Waals surface area contributed by atoms with Gasteiger partial charge in [-0.1, -0.05) is 30.3 Å². The summed E-state index contributed by atoms with van der Waals surface area (Å²) in [7, 11) is 1.66. The van der Waals surface area contributed by atoms with Crippen molar-refractivity contribution >= 4 is 22.8 Å². The van der Waals surface area contributed by atoms with Crippen molar-refractivity contribution in [2.24, 2.45) is 0 Å². The second-order valence-corrected chi connectivity index (χ2v) is 7.34. The number of nitrogens with zero attached hydrogens (tertiary/aromatic N) is 2. The van der Waals surface area contributed by atoms with Crippen LogP contribution in [0, 0.1) is 0 Å². The topological polar surface area (TPSA) is 36.3 Å². The minimum absolute atomic E-state index is 0.579. The average Bonchev–Trinajstić information content (AvgIpc) is 3.11. The van der Waals surface area contributed by atoms with Crippen LogP contribution in [0.25, 0.3) is 11.0 Å². The van der Waals surface area contributed by atoms with Crippen molar-refractivity contribution in [3.8, 4) is 11.5 Å². The van der Waals surface area contributed by atoms with Crippen LogP contribution in [-0.4, -0.2) is 23.3 Å². The van der Waals surface area contributed by atoms with E-state index in [1.807, 2.05) is 36.4 Å². The summed E-state index contributed by atoms with van der Waals surface area (Å²) in [6.45, 7) is 1.33. The first-order chi connectivity index (χ1) is 13.8. The molecule has 3 aromatic carbocycles. The minimum atomic E-state index is 0.579. The van der Waals surface area contributed by atoms with E-state index in [9.17, 15) is 0 Å². The Morgan fingerprint density at radius 2 is 1.57 bits per heavy atom. The molecular formula is C23H22N2O2S. The first-order valence-electron chi connectivity index (χ1n) is 9.22. The predicted octanol–water partition coefficient (Wildman–Crippen LogP) is 5.42. The van der Waals surface area contributed by atoms with Gasteiger partial charge >= 0.3 is 0 Å². The maximum atomic E-state index is 5.93. The minimum Gasteiger partial charge on any atom is -0.497 e. The van der Waals surface area contributed by atoms with E-state index < -0.39 is 0 Å². The first-order valence-corrected chi connectivity index (χ1v) is 10.2. The number of fused-ring (bicyclic) bond motifs is 1. The molecule has 1 heterocycles. The first kappa shape index (κ1) is 18.4. The highest BCUT2D eigenvalue weighted by Gasteiger charge is 2.11. The quantitative estimate of drug-likeness (QED) is 0.377. The molecule has 0 atom stereocenters. The van der Waals surface area contributed by atoms with Crippen LogP contribution in [0.1, 0.15) is 5.82 Å². The summed E-state index contributed by atoms with van der Waals surface area (Å²) in [5.41, 5.74) is 2.17. The molecule has 0 saturated heterocycles. The van der Waals surface area contributed by atoms with Crippen LogP contribution >= 0.6 is 11.8 Å². The molecule has 4 aromatic rings. The third-order valence-corrected chi connectivity index (χ3v) is 5.50. The molecule has 0 N–H and O–H groups in total. The summed E-state index contributed by atoms with van der Waals surface area (Å²) in [6.07, 6.45) is 0. The van der Waals surface area contributed by atoms with Crippen LogP contribution in [0.3, 0.4) is 0 Å². The van der Waals surface area contributed by atoms with E-state index in [1.54, 1.807) is 18.9 Å². The van der Waals surface area contributed by atoms with E-state index in [1.165, 1.54) is 4.90 Å². The lowest BCUT2D eigenvalue weighted by molar-refractivity contribution is 0.298. The van der Waals surface area contributed by atoms with Crippen molar-refractivity contribution in [1.29, 1.82) is 0 Å². The molecule has 0 aliphatic rings. The fraction of sp³-hybridized carbons (Fsp3) is 0.174. The van der Waals surface area contributed by atoms with Crippen LogP contribution in [0.15, 0.2) is 83.8 Å². The number of imidazole rings is 1. The van der Waals surface area contributed by atoms with Crippen molar-refractivity contribution < 1.29 is 9.47 Å². The Hall–Kier alpha value is -2.92. The number of benzene rings is 3. The van der Waals surface area contributed by atoms with Crippen molar-refractivity contribution in [3.63, 3.8) is 0 Å². The molecule has 0 bridgehead atoms. The largest absolute Gasteiger partial charge is 0.497 e. The Balaban J connectivity index is 1.47. The van der Waals surface area contributed by atoms with Crippen LogP contribution in [-0.2, 0) is 12.3 Å². The fourth-order valence-corrected chi connectivity index (χ4v) is 3.94. The van der Waals surface area contributed by atoms with Gasteiger partial charge in [-0.2, -0.15) is 0 Å². The molecule has 0 radical (unpaired) electrons. The van der Waals surface area contributed by atoms with Crippen LogP contribution in [0.2, 0.25) is 0 Å². The van der Waals surface area contributed by atoms with Gasteiger partial charge in [-0.05, 0) is 48.5 Å². The Morgan fingerprint density at radius 1 is 0.857 bits per heavy atom. The Labute approximate surface area is 169 Å². The normalized spacial score (nSPS) is 10.9. The van der Waals surface area contributed by atoms with Gasteiger partial charge in [0.2, 0.25) is 0 Å². The number of ether oxygens (including phenoxy) is 2. The molecule has 0 unspecified atom stereocenters. The summed E-state index contributed by atoms with van der Waals surface area (Å²) in [6, 6.07) is 26.4. The fourth-order valence-electron chi connectivity index (χ4n) is 3.08. The maximum Gasteiger partial charge on any atom is 0.120 e. The number of rotatable bonds is 8. The molecule has 4 rings (SSSR count). The Bertz CT molecular complexity index is 1030. The highest BCUT2D eigenvalue weighted by atomic mass is 32.2. The zero-order valence-corrected chi connectivity index (χ0v) is 16.6. The lowest BCUT2D eigenvalue weighted by Gasteiger charge is -2.11. The van der Waals surface area contributed by atoms with Gasteiger partial charge in [0.15, 0.2) is 0 Å². The van der Waals surface area contributed by atoms with Crippen LogP contribution in [0.4, 0.5) is 0 Å². The summed E-state index contributed by atoms with van der Waals surface area (Å²) in [4.78, 5) is 6.09. The number of hydrogen-bond donors (Lipinski definition) is 0. The van der Waals surface area contributed by atoms with Gasteiger partial charge in [0.05, 0.1) is 30.4 Å². The lowest BCUT2D eigenvalue weighted by Crippen LogP contribution is -2.10. The van der Waals surface area contributed by atoms with Crippen molar-refractivity contribution in [3.05, 3.63) is 84.7 Å². The SMILES string of the molecule is COc1ccc(OCCn2c(CSc3ccccc3)nc3ccccc32)cc1. The van der Waals surface area contributed by atoms with Crippen molar-refractivity contribution in [1.82, 2.24) is 9.55 Å². The van der Waals surface area contributed by atoms with Gasteiger partial charge in [0, 0.05) is 4.90 Å². The second-order valence-electron chi connectivity index (χ2n) is 6.29. The molecule has 28 heavy (non-hydrogen) atoms. The molecule has 0 aliphatic carbocycles. The molecular weight excluding hydrogens is 368 g/mol. The second kappa shape index (κ2) is 8.85. The predicted molar refractivity (Wildman–Crippen MR) is 114 cm³/mol. The summed E-state index contributed by atoms with van der Waals surface area (Å²) < 4.78 is 13.4. The molecule has 142 valence electrons. The van der Waals surface area contributed by atoms with E-state index in [0.717, 1.165) is 40.7 Å². The number of thioether (sulfide) groups is 1. The summed E-state index contributed by atoms with van der Waals surface area (Å²) >= 11 is 1.80. The van der Waals surface area contributed by atoms with Gasteiger partial charge in [-0.25, -0.2) is 4.98 Å². The van der Waals surface area contributed by atoms with E-state index in [0.29, 0.717) is 6.61 Å². The van der Waals surface area contributed by atoms with Crippen molar-refractivity contribution in [2.45, 2.75) is 17.2 Å². The van der Waals surface area contributed by atoms with Gasteiger partial charge in [0.25, 0.3) is 0 Å². The van der Waals surface area contributed by atoms with Crippen LogP contribution in [0.5, 0.6) is 11.5 Å². The highest BCUT2D eigenvalue weighted by molar-refractivity contribution is 7.98. The Morgan fingerprint density at radius 3 is 2.36 bits per heavy atom. The average molecular weight is 391 g/mol. The molecule has 4 nitrogen and oxygen atoms in total. The van der Waals surface area contributed by atoms with Gasteiger partial charge < -0.3 is 14.0 Å². The van der Waals surface area contributed by atoms with Crippen LogP contribution < -0.4 is 9.47 Å². The molecule has 1 aromatic heterocycles. The number of aromatic nitrogens is 2. The highest BCUT2D eigenvalue weighted by Crippen LogP contribution is 2.25. The van der Waals surface area contributed by atoms with E-state index in [4.69, 9.17) is 14.5 Å². The summed E-state index contributed by atoms with van der Waals surface area (Å²) in [5.74, 6) is 3.55. The van der Waals surface area contributed by atoms with E-state index in [2.05, 4.69) is 47.0 Å². The molecule has 0 amide bonds. The molecule has 0 saturated carbocycles. The van der Waals surface area contributed by atoms with Crippen molar-refractivity contribution in [2.75, 3.05) is 13.7 Å². The lowest BCUT2D eigenvalue weighted by atomic mass is 10.3. The monoisotopic (exact) mass is 390 g/mol. The number of hydrogen-bond acceptors (Lipinski definition) is 4. The Kier molecular flexibility index (Phi) is 5.83. The molecule has 0 fully saturated rings. The third-order valence-electron chi connectivity index (χ3n) is 4.49. The van der Waals surface area contributed by atoms with Gasteiger partial charge in [-0.3, -0.25) is 0 Å². The molecule has 5 heteroatoms.